The summed E-state index contributed by atoms with van der Waals surface area (Å²) in [5.41, 5.74) is -0.531. The van der Waals surface area contributed by atoms with Crippen molar-refractivity contribution in [1.29, 1.82) is 0 Å². The van der Waals surface area contributed by atoms with Crippen molar-refractivity contribution >= 4 is 23.2 Å². The molecular weight excluding hydrogens is 245 g/mol. The summed E-state index contributed by atoms with van der Waals surface area (Å²) < 4.78 is 13.2. The number of hydrogen-bond donors (Lipinski definition) is 0. The highest BCUT2D eigenvalue weighted by atomic mass is 32.1. The Hall–Kier alpha value is -0.385. The Kier molecular flexibility index (Phi) is 2.85. The van der Waals surface area contributed by atoms with Gasteiger partial charge in [0.05, 0.1) is 21.0 Å². The van der Waals surface area contributed by atoms with E-state index in [1.807, 2.05) is 6.20 Å². The number of hydrogen-bond acceptors (Lipinski definition) is 4. The average Bonchev–Trinajstić information content (AvgIpc) is 2.68. The zero-order chi connectivity index (χ0) is 13.0. The molecule has 3 nitrogen and oxygen atoms in total. The summed E-state index contributed by atoms with van der Waals surface area (Å²) in [7, 11) is -0.249. The molecule has 0 radical (unpaired) electrons. The SMILES string of the molecule is CC1(C)OB(c2cnc(C3CCC3)s2)OC1(C)C. The number of aromatic nitrogens is 1. The summed E-state index contributed by atoms with van der Waals surface area (Å²) in [5, 5.41) is 1.26. The molecular formula is C13H20BNO2S. The van der Waals surface area contributed by atoms with E-state index in [-0.39, 0.29) is 18.3 Å². The first kappa shape index (κ1) is 12.6. The van der Waals surface area contributed by atoms with Gasteiger partial charge in [0.2, 0.25) is 0 Å². The standard InChI is InChI=1S/C13H20BNO2S/c1-12(2)13(3,4)17-14(16-12)10-8-15-11(18-10)9-6-5-7-9/h8-9H,5-7H2,1-4H3. The summed E-state index contributed by atoms with van der Waals surface area (Å²) in [6.45, 7) is 8.34. The second kappa shape index (κ2) is 4.05. The van der Waals surface area contributed by atoms with E-state index in [1.54, 1.807) is 11.3 Å². The summed E-state index contributed by atoms with van der Waals surface area (Å²) >= 11 is 1.75. The van der Waals surface area contributed by atoms with E-state index < -0.39 is 0 Å². The molecule has 0 spiro atoms. The Bertz CT molecular complexity index is 438. The van der Waals surface area contributed by atoms with Crippen LogP contribution in [0.4, 0.5) is 0 Å². The van der Waals surface area contributed by atoms with Crippen LogP contribution in [-0.4, -0.2) is 23.3 Å². The molecule has 18 heavy (non-hydrogen) atoms. The van der Waals surface area contributed by atoms with Crippen LogP contribution in [0, 0.1) is 0 Å². The van der Waals surface area contributed by atoms with Crippen LogP contribution in [0.25, 0.3) is 0 Å². The summed E-state index contributed by atoms with van der Waals surface area (Å²) in [6.07, 6.45) is 5.85. The first-order valence-electron chi connectivity index (χ1n) is 6.70. The molecule has 1 saturated carbocycles. The lowest BCUT2D eigenvalue weighted by molar-refractivity contribution is 0.00578. The van der Waals surface area contributed by atoms with Crippen LogP contribution in [0.15, 0.2) is 6.20 Å². The zero-order valence-electron chi connectivity index (χ0n) is 11.5. The van der Waals surface area contributed by atoms with Gasteiger partial charge in [-0.05, 0) is 40.5 Å². The Morgan fingerprint density at radius 2 is 1.83 bits per heavy atom. The lowest BCUT2D eigenvalue weighted by atomic mass is 9.86. The predicted molar refractivity (Wildman–Crippen MR) is 74.4 cm³/mol. The maximum Gasteiger partial charge on any atom is 0.507 e. The minimum Gasteiger partial charge on any atom is -0.399 e. The van der Waals surface area contributed by atoms with E-state index in [0.717, 1.165) is 4.78 Å². The van der Waals surface area contributed by atoms with Gasteiger partial charge in [0.25, 0.3) is 0 Å². The molecule has 3 rings (SSSR count). The van der Waals surface area contributed by atoms with Crippen molar-refractivity contribution in [3.05, 3.63) is 11.2 Å². The lowest BCUT2D eigenvalue weighted by Crippen LogP contribution is -2.41. The topological polar surface area (TPSA) is 31.4 Å². The van der Waals surface area contributed by atoms with E-state index in [0.29, 0.717) is 5.92 Å². The van der Waals surface area contributed by atoms with Crippen LogP contribution >= 0.6 is 11.3 Å². The molecule has 2 fully saturated rings. The first-order chi connectivity index (χ1) is 8.39. The van der Waals surface area contributed by atoms with Gasteiger partial charge in [0.15, 0.2) is 0 Å². The maximum atomic E-state index is 6.04. The number of thiazole rings is 1. The highest BCUT2D eigenvalue weighted by Crippen LogP contribution is 2.39. The molecule has 5 heteroatoms. The molecule has 0 N–H and O–H groups in total. The molecule has 0 amide bonds. The minimum atomic E-state index is -0.266. The van der Waals surface area contributed by atoms with E-state index in [4.69, 9.17) is 9.31 Å². The smallest absolute Gasteiger partial charge is 0.399 e. The molecule has 0 unspecified atom stereocenters. The maximum absolute atomic E-state index is 6.04. The molecule has 0 atom stereocenters. The normalized spacial score (nSPS) is 26.3. The van der Waals surface area contributed by atoms with Gasteiger partial charge >= 0.3 is 7.12 Å². The molecule has 2 aliphatic rings. The van der Waals surface area contributed by atoms with Gasteiger partial charge in [-0.1, -0.05) is 6.42 Å². The Balaban J connectivity index is 1.78. The third kappa shape index (κ3) is 1.93. The molecule has 1 aliphatic carbocycles. The predicted octanol–water partition coefficient (Wildman–Crippen LogP) is 2.71. The quantitative estimate of drug-likeness (QED) is 0.770. The van der Waals surface area contributed by atoms with Crippen LogP contribution in [-0.2, 0) is 9.31 Å². The van der Waals surface area contributed by atoms with E-state index >= 15 is 0 Å². The van der Waals surface area contributed by atoms with Crippen molar-refractivity contribution in [1.82, 2.24) is 4.98 Å². The third-order valence-corrected chi connectivity index (χ3v) is 5.66. The lowest BCUT2D eigenvalue weighted by Gasteiger charge is -2.32. The van der Waals surface area contributed by atoms with Crippen molar-refractivity contribution in [3.8, 4) is 0 Å². The molecule has 1 saturated heterocycles. The minimum absolute atomic E-state index is 0.249. The summed E-state index contributed by atoms with van der Waals surface area (Å²) in [6, 6.07) is 0. The van der Waals surface area contributed by atoms with Crippen molar-refractivity contribution in [2.75, 3.05) is 0 Å². The van der Waals surface area contributed by atoms with Gasteiger partial charge < -0.3 is 9.31 Å². The second-order valence-electron chi connectivity index (χ2n) is 6.32. The highest BCUT2D eigenvalue weighted by molar-refractivity contribution is 7.22. The van der Waals surface area contributed by atoms with Gasteiger partial charge in [-0.2, -0.15) is 0 Å². The fourth-order valence-electron chi connectivity index (χ4n) is 2.21. The van der Waals surface area contributed by atoms with Crippen molar-refractivity contribution < 1.29 is 9.31 Å². The third-order valence-electron chi connectivity index (χ3n) is 4.48. The Labute approximate surface area is 113 Å². The first-order valence-corrected chi connectivity index (χ1v) is 7.52. The highest BCUT2D eigenvalue weighted by Gasteiger charge is 2.52. The number of rotatable bonds is 2. The van der Waals surface area contributed by atoms with Crippen LogP contribution in [0.3, 0.4) is 0 Å². The van der Waals surface area contributed by atoms with E-state index in [2.05, 4.69) is 32.7 Å². The Morgan fingerprint density at radius 3 is 2.33 bits per heavy atom. The van der Waals surface area contributed by atoms with Gasteiger partial charge in [-0.25, -0.2) is 4.98 Å². The van der Waals surface area contributed by atoms with Crippen LogP contribution < -0.4 is 4.78 Å². The molecule has 2 heterocycles. The molecule has 1 aliphatic heterocycles. The van der Waals surface area contributed by atoms with Crippen LogP contribution in [0.1, 0.15) is 57.9 Å². The largest absolute Gasteiger partial charge is 0.507 e. The van der Waals surface area contributed by atoms with Gasteiger partial charge in [0.1, 0.15) is 0 Å². The second-order valence-corrected chi connectivity index (χ2v) is 7.41. The average molecular weight is 265 g/mol. The Morgan fingerprint density at radius 1 is 1.22 bits per heavy atom. The van der Waals surface area contributed by atoms with Crippen LogP contribution in [0.5, 0.6) is 0 Å². The summed E-state index contributed by atoms with van der Waals surface area (Å²) in [4.78, 5) is 4.54. The van der Waals surface area contributed by atoms with Gasteiger partial charge in [0, 0.05) is 12.1 Å². The van der Waals surface area contributed by atoms with Crippen molar-refractivity contribution in [2.45, 2.75) is 64.1 Å². The molecule has 0 bridgehead atoms. The van der Waals surface area contributed by atoms with E-state index in [1.165, 1.54) is 24.3 Å². The zero-order valence-corrected chi connectivity index (χ0v) is 12.3. The number of nitrogens with zero attached hydrogens (tertiary/aromatic N) is 1. The fourth-order valence-corrected chi connectivity index (χ4v) is 3.26. The molecule has 1 aromatic rings. The fraction of sp³-hybridized carbons (Fsp3) is 0.769. The van der Waals surface area contributed by atoms with Crippen molar-refractivity contribution in [2.24, 2.45) is 0 Å². The molecule has 0 aromatic carbocycles. The van der Waals surface area contributed by atoms with Gasteiger partial charge in [-0.3, -0.25) is 0 Å². The van der Waals surface area contributed by atoms with E-state index in [9.17, 15) is 0 Å². The molecule has 1 aromatic heterocycles. The summed E-state index contributed by atoms with van der Waals surface area (Å²) in [5.74, 6) is 0.686. The molecule has 98 valence electrons. The van der Waals surface area contributed by atoms with Crippen LogP contribution in [0.2, 0.25) is 0 Å². The van der Waals surface area contributed by atoms with Gasteiger partial charge in [-0.15, -0.1) is 11.3 Å². The monoisotopic (exact) mass is 265 g/mol. The van der Waals surface area contributed by atoms with Crippen molar-refractivity contribution in [3.63, 3.8) is 0 Å².